The number of carbonyl (C=O) groups is 2. The number of thiazole rings is 1. The predicted octanol–water partition coefficient (Wildman–Crippen LogP) is 2.99. The van der Waals surface area contributed by atoms with Crippen molar-refractivity contribution in [2.75, 3.05) is 40.3 Å². The molecule has 3 N–H and O–H groups in total. The number of thiol groups is 1. The lowest BCUT2D eigenvalue weighted by atomic mass is 9.80. The van der Waals surface area contributed by atoms with Crippen molar-refractivity contribution in [2.45, 2.75) is 30.7 Å². The molecule has 8 nitrogen and oxygen atoms in total. The molecule has 0 bridgehead atoms. The fourth-order valence-electron chi connectivity index (χ4n) is 4.70. The minimum absolute atomic E-state index is 0.201. The maximum atomic E-state index is 13.1. The quantitative estimate of drug-likeness (QED) is 0.365. The topological polar surface area (TPSA) is 104 Å². The molecule has 1 saturated heterocycles. The molecule has 0 unspecified atom stereocenters. The normalized spacial score (nSPS) is 16.6. The Morgan fingerprint density at radius 2 is 1.89 bits per heavy atom. The first-order valence-corrected chi connectivity index (χ1v) is 13.2. The maximum absolute atomic E-state index is 13.1. The number of piperazine rings is 1. The number of benzene rings is 2. The van der Waals surface area contributed by atoms with Crippen LogP contribution in [0.1, 0.15) is 22.6 Å². The highest BCUT2D eigenvalue weighted by Crippen LogP contribution is 2.40. The van der Waals surface area contributed by atoms with Crippen molar-refractivity contribution in [3.63, 3.8) is 0 Å². The first kappa shape index (κ1) is 26.4. The predicted molar refractivity (Wildman–Crippen MR) is 144 cm³/mol. The summed E-state index contributed by atoms with van der Waals surface area (Å²) in [5.74, 6) is -0.548. The van der Waals surface area contributed by atoms with Crippen molar-refractivity contribution in [1.29, 1.82) is 0 Å². The number of likely N-dealkylation sites (N-methyl/N-ethyl adjacent to an activating group) is 1. The summed E-state index contributed by atoms with van der Waals surface area (Å²) in [6.45, 7) is 4.99. The smallest absolute Gasteiger partial charge is 0.304 e. The van der Waals surface area contributed by atoms with Gasteiger partial charge in [-0.2, -0.15) is 0 Å². The summed E-state index contributed by atoms with van der Waals surface area (Å²) in [5.41, 5.74) is 1.90. The number of carbonyl (C=O) groups excluding carboxylic acids is 1. The first-order valence-electron chi connectivity index (χ1n) is 11.9. The Kier molecular flexibility index (Phi) is 8.50. The van der Waals surface area contributed by atoms with Gasteiger partial charge in [-0.3, -0.25) is 9.59 Å². The third-order valence-corrected chi connectivity index (χ3v) is 7.99. The van der Waals surface area contributed by atoms with Gasteiger partial charge in [-0.1, -0.05) is 24.3 Å². The number of nitrogens with zero attached hydrogens (tertiary/aromatic N) is 2. The minimum atomic E-state index is -0.971. The molecule has 1 amide bonds. The van der Waals surface area contributed by atoms with Crippen LogP contribution in [-0.2, 0) is 29.0 Å². The lowest BCUT2D eigenvalue weighted by Crippen LogP contribution is -2.43. The van der Waals surface area contributed by atoms with Gasteiger partial charge in [0.15, 0.2) is 0 Å². The van der Waals surface area contributed by atoms with Crippen molar-refractivity contribution in [3.05, 3.63) is 52.5 Å². The van der Waals surface area contributed by atoms with E-state index in [1.54, 1.807) is 7.11 Å². The largest absolute Gasteiger partial charge is 0.496 e. The van der Waals surface area contributed by atoms with Crippen LogP contribution < -0.4 is 15.4 Å². The summed E-state index contributed by atoms with van der Waals surface area (Å²) >= 11 is 5.85. The number of hydrogen-bond donors (Lipinski definition) is 4. The number of ether oxygens (including phenoxy) is 1. The summed E-state index contributed by atoms with van der Waals surface area (Å²) in [6, 6.07) is 11.5. The second kappa shape index (κ2) is 11.6. The van der Waals surface area contributed by atoms with Crippen molar-refractivity contribution < 1.29 is 19.4 Å². The van der Waals surface area contributed by atoms with Crippen molar-refractivity contribution in [1.82, 2.24) is 20.5 Å². The Morgan fingerprint density at radius 3 is 2.44 bits per heavy atom. The van der Waals surface area contributed by atoms with Gasteiger partial charge >= 0.3 is 5.97 Å². The molecular weight excluding hydrogens is 496 g/mol. The molecule has 2 aliphatic rings. The van der Waals surface area contributed by atoms with E-state index < -0.39 is 11.4 Å². The van der Waals surface area contributed by atoms with Crippen LogP contribution in [0.2, 0.25) is 0 Å². The van der Waals surface area contributed by atoms with E-state index in [2.05, 4.69) is 40.2 Å². The third-order valence-electron chi connectivity index (χ3n) is 6.62. The number of aliphatic carboxylic acids is 1. The molecule has 0 saturated carbocycles. The minimum Gasteiger partial charge on any atom is -0.496 e. The number of carboxylic acid groups (broad SMARTS) is 1. The lowest BCUT2D eigenvalue weighted by molar-refractivity contribution is -0.145. The molecule has 1 aliphatic carbocycles. The summed E-state index contributed by atoms with van der Waals surface area (Å²) in [7, 11) is 3.74. The molecule has 2 heterocycles. The number of hydrogen-bond acceptors (Lipinski definition) is 8. The van der Waals surface area contributed by atoms with Gasteiger partial charge in [-0.05, 0) is 37.1 Å². The number of aromatic nitrogens is 1. The summed E-state index contributed by atoms with van der Waals surface area (Å²) in [6.07, 6.45) is 0.663. The summed E-state index contributed by atoms with van der Waals surface area (Å²) in [5, 5.41) is 16.4. The van der Waals surface area contributed by atoms with E-state index in [1.165, 1.54) is 24.4 Å². The molecule has 2 aromatic carbocycles. The molecule has 0 atom stereocenters. The zero-order chi connectivity index (χ0) is 25.7. The van der Waals surface area contributed by atoms with Crippen LogP contribution in [0.5, 0.6) is 5.75 Å². The van der Waals surface area contributed by atoms with Gasteiger partial charge in [-0.25, -0.2) is 4.98 Å². The van der Waals surface area contributed by atoms with Gasteiger partial charge in [-0.15, -0.1) is 24.0 Å². The SMILES string of the molecule is CN1CCNCC1.COc1cc2sc(CNC(=O)C3(CC(=O)O)Cc4ccccc4C3)nc2cc1S. The highest BCUT2D eigenvalue weighted by Gasteiger charge is 2.45. The average Bonchev–Trinajstić information content (AvgIpc) is 3.43. The van der Waals surface area contributed by atoms with Gasteiger partial charge in [0.2, 0.25) is 5.91 Å². The fraction of sp³-hybridized carbons (Fsp3) is 0.423. The highest BCUT2D eigenvalue weighted by atomic mass is 32.1. The van der Waals surface area contributed by atoms with Gasteiger partial charge in [0.25, 0.3) is 0 Å². The summed E-state index contributed by atoms with van der Waals surface area (Å²) in [4.78, 5) is 32.2. The molecule has 1 fully saturated rings. The van der Waals surface area contributed by atoms with E-state index in [1.807, 2.05) is 36.4 Å². The number of rotatable bonds is 6. The monoisotopic (exact) mass is 528 g/mol. The van der Waals surface area contributed by atoms with E-state index in [0.29, 0.717) is 23.5 Å². The number of amides is 1. The molecular formula is C26H32N4O4S2. The molecule has 0 spiro atoms. The molecule has 0 radical (unpaired) electrons. The lowest BCUT2D eigenvalue weighted by Gasteiger charge is -2.25. The molecule has 1 aliphatic heterocycles. The van der Waals surface area contributed by atoms with Crippen LogP contribution >= 0.6 is 24.0 Å². The van der Waals surface area contributed by atoms with Crippen LogP contribution in [0.25, 0.3) is 10.2 Å². The van der Waals surface area contributed by atoms with Crippen LogP contribution in [0, 0.1) is 5.41 Å². The summed E-state index contributed by atoms with van der Waals surface area (Å²) < 4.78 is 6.23. The van der Waals surface area contributed by atoms with Crippen LogP contribution in [0.15, 0.2) is 41.3 Å². The molecule has 192 valence electrons. The standard InChI is InChI=1S/C21H20N2O4S2.C5H12N2/c1-27-15-7-17-14(6-16(15)28)23-18(29-17)11-22-20(26)21(10-19(24)25)8-12-4-2-3-5-13(12)9-21;1-7-4-2-6-3-5-7/h2-7,28H,8-11H2,1H3,(H,22,26)(H,24,25);6H,2-5H2,1H3. The number of fused-ring (bicyclic) bond motifs is 2. The van der Waals surface area contributed by atoms with E-state index in [4.69, 9.17) is 4.74 Å². The van der Waals surface area contributed by atoms with Crippen molar-refractivity contribution in [2.24, 2.45) is 5.41 Å². The molecule has 5 rings (SSSR count). The number of nitrogens with one attached hydrogen (secondary N) is 2. The van der Waals surface area contributed by atoms with E-state index in [9.17, 15) is 14.7 Å². The molecule has 1 aromatic heterocycles. The Bertz CT molecular complexity index is 1210. The fourth-order valence-corrected chi connectivity index (χ4v) is 5.90. The van der Waals surface area contributed by atoms with E-state index >= 15 is 0 Å². The van der Waals surface area contributed by atoms with Gasteiger partial charge in [0.1, 0.15) is 10.8 Å². The second-order valence-electron chi connectivity index (χ2n) is 9.31. The van der Waals surface area contributed by atoms with Crippen LogP contribution in [0.3, 0.4) is 0 Å². The van der Waals surface area contributed by atoms with Gasteiger partial charge < -0.3 is 25.4 Å². The number of carboxylic acids is 1. The molecule has 36 heavy (non-hydrogen) atoms. The first-order chi connectivity index (χ1) is 17.3. The zero-order valence-corrected chi connectivity index (χ0v) is 22.3. The van der Waals surface area contributed by atoms with Gasteiger partial charge in [0, 0.05) is 37.1 Å². The van der Waals surface area contributed by atoms with E-state index in [0.717, 1.165) is 39.4 Å². The van der Waals surface area contributed by atoms with Crippen molar-refractivity contribution >= 4 is 46.1 Å². The average molecular weight is 529 g/mol. The van der Waals surface area contributed by atoms with Crippen LogP contribution in [-0.4, -0.2) is 67.2 Å². The zero-order valence-electron chi connectivity index (χ0n) is 20.5. The molecule has 10 heteroatoms. The highest BCUT2D eigenvalue weighted by molar-refractivity contribution is 7.80. The second-order valence-corrected chi connectivity index (χ2v) is 10.9. The van der Waals surface area contributed by atoms with Crippen molar-refractivity contribution in [3.8, 4) is 5.75 Å². The number of methoxy groups -OCH3 is 1. The van der Waals surface area contributed by atoms with E-state index in [-0.39, 0.29) is 18.9 Å². The molecule has 3 aromatic rings. The maximum Gasteiger partial charge on any atom is 0.304 e. The third kappa shape index (κ3) is 6.18. The van der Waals surface area contributed by atoms with Gasteiger partial charge in [0.05, 0.1) is 35.7 Å². The Hall–Kier alpha value is -2.66. The van der Waals surface area contributed by atoms with Crippen LogP contribution in [0.4, 0.5) is 0 Å². The Balaban J connectivity index is 0.000000375. The Morgan fingerprint density at radius 1 is 1.22 bits per heavy atom. The Labute approximate surface area is 220 Å².